The predicted molar refractivity (Wildman–Crippen MR) is 99.3 cm³/mol. The number of nitrogens with one attached hydrogen (secondary N) is 2. The van der Waals surface area contributed by atoms with Crippen LogP contribution in [0.5, 0.6) is 0 Å². The minimum Gasteiger partial charge on any atom is -0.467 e. The molecule has 0 aliphatic heterocycles. The van der Waals surface area contributed by atoms with Crippen molar-refractivity contribution in [1.82, 2.24) is 30.2 Å². The number of nitrogens with zero attached hydrogens (tertiary/aromatic N) is 4. The summed E-state index contributed by atoms with van der Waals surface area (Å²) in [5.41, 5.74) is 2.30. The number of thioether (sulfide) groups is 1. The van der Waals surface area contributed by atoms with E-state index in [9.17, 15) is 9.59 Å². The summed E-state index contributed by atoms with van der Waals surface area (Å²) >= 11 is 1.43. The van der Waals surface area contributed by atoms with Gasteiger partial charge in [0.25, 0.3) is 5.78 Å². The summed E-state index contributed by atoms with van der Waals surface area (Å²) in [6.07, 6.45) is 3.54. The molecule has 0 unspecified atom stereocenters. The van der Waals surface area contributed by atoms with E-state index in [1.54, 1.807) is 16.6 Å². The monoisotopic (exact) mass is 388 g/mol. The van der Waals surface area contributed by atoms with Crippen LogP contribution in [0.3, 0.4) is 0 Å². The van der Waals surface area contributed by atoms with Crippen molar-refractivity contribution in [2.75, 3.05) is 12.8 Å². The molecule has 3 aromatic rings. The van der Waals surface area contributed by atoms with Crippen LogP contribution in [0.4, 0.5) is 0 Å². The zero-order valence-corrected chi connectivity index (χ0v) is 16.1. The van der Waals surface area contributed by atoms with Gasteiger partial charge < -0.3 is 15.1 Å². The lowest BCUT2D eigenvalue weighted by atomic mass is 10.1. The fourth-order valence-electron chi connectivity index (χ4n) is 2.60. The lowest BCUT2D eigenvalue weighted by Gasteiger charge is -2.10. The van der Waals surface area contributed by atoms with Crippen LogP contribution in [-0.2, 0) is 22.6 Å². The van der Waals surface area contributed by atoms with E-state index in [-0.39, 0.29) is 31.3 Å². The van der Waals surface area contributed by atoms with Crippen molar-refractivity contribution in [3.63, 3.8) is 0 Å². The molecule has 142 valence electrons. The number of hydrogen-bond acceptors (Lipinski definition) is 7. The third-order valence-electron chi connectivity index (χ3n) is 4.04. The second-order valence-corrected chi connectivity index (χ2v) is 6.65. The molecule has 2 N–H and O–H groups in total. The molecule has 3 aromatic heterocycles. The highest BCUT2D eigenvalue weighted by molar-refractivity contribution is 7.98. The molecule has 0 saturated heterocycles. The van der Waals surface area contributed by atoms with Gasteiger partial charge >= 0.3 is 0 Å². The number of furan rings is 1. The zero-order chi connectivity index (χ0) is 19.4. The van der Waals surface area contributed by atoms with E-state index in [1.165, 1.54) is 18.0 Å². The van der Waals surface area contributed by atoms with Gasteiger partial charge in [-0.25, -0.2) is 9.50 Å². The number of fused-ring (bicyclic) bond motifs is 1. The van der Waals surface area contributed by atoms with Crippen LogP contribution in [0.2, 0.25) is 0 Å². The summed E-state index contributed by atoms with van der Waals surface area (Å²) < 4.78 is 6.77. The molecule has 0 spiro atoms. The lowest BCUT2D eigenvalue weighted by molar-refractivity contribution is -0.125. The maximum atomic E-state index is 12.3. The summed E-state index contributed by atoms with van der Waals surface area (Å²) in [7, 11) is 0. The first kappa shape index (κ1) is 18.9. The van der Waals surface area contributed by atoms with Crippen LogP contribution in [0, 0.1) is 13.8 Å². The molecule has 0 saturated carbocycles. The van der Waals surface area contributed by atoms with Gasteiger partial charge in [-0.1, -0.05) is 11.8 Å². The van der Waals surface area contributed by atoms with Crippen molar-refractivity contribution in [2.24, 2.45) is 0 Å². The van der Waals surface area contributed by atoms with E-state index in [4.69, 9.17) is 4.42 Å². The first-order valence-electron chi connectivity index (χ1n) is 8.30. The van der Waals surface area contributed by atoms with Gasteiger partial charge in [0.15, 0.2) is 0 Å². The van der Waals surface area contributed by atoms with Gasteiger partial charge in [0.2, 0.25) is 17.0 Å². The second-order valence-electron chi connectivity index (χ2n) is 5.88. The van der Waals surface area contributed by atoms with E-state index in [0.29, 0.717) is 16.7 Å². The van der Waals surface area contributed by atoms with Gasteiger partial charge in [-0.2, -0.15) is 4.98 Å². The van der Waals surface area contributed by atoms with E-state index >= 15 is 0 Å². The lowest BCUT2D eigenvalue weighted by Crippen LogP contribution is -2.37. The largest absolute Gasteiger partial charge is 0.467 e. The Morgan fingerprint density at radius 2 is 2.04 bits per heavy atom. The zero-order valence-electron chi connectivity index (χ0n) is 15.3. The molecular weight excluding hydrogens is 368 g/mol. The first-order valence-corrected chi connectivity index (χ1v) is 9.53. The summed E-state index contributed by atoms with van der Waals surface area (Å²) in [4.78, 5) is 32.8. The predicted octanol–water partition coefficient (Wildman–Crippen LogP) is 1.03. The third-order valence-corrected chi connectivity index (χ3v) is 4.57. The van der Waals surface area contributed by atoms with Crippen LogP contribution in [0.1, 0.15) is 22.7 Å². The van der Waals surface area contributed by atoms with Gasteiger partial charge in [-0.05, 0) is 32.2 Å². The summed E-state index contributed by atoms with van der Waals surface area (Å²) in [6.45, 7) is 3.89. The molecule has 0 aromatic carbocycles. The molecule has 0 radical (unpaired) electrons. The smallest absolute Gasteiger partial charge is 0.253 e. The summed E-state index contributed by atoms with van der Waals surface area (Å²) in [5.74, 6) is 0.608. The van der Waals surface area contributed by atoms with Crippen molar-refractivity contribution in [1.29, 1.82) is 0 Å². The molecule has 2 amide bonds. The first-order chi connectivity index (χ1) is 13.0. The maximum Gasteiger partial charge on any atom is 0.253 e. The molecular formula is C17H20N6O3S. The fourth-order valence-corrected chi connectivity index (χ4v) is 2.93. The van der Waals surface area contributed by atoms with E-state index in [0.717, 1.165) is 17.0 Å². The van der Waals surface area contributed by atoms with Crippen molar-refractivity contribution < 1.29 is 14.0 Å². The molecule has 3 rings (SSSR count). The number of amides is 2. The van der Waals surface area contributed by atoms with Crippen molar-refractivity contribution in [3.05, 3.63) is 41.1 Å². The fraction of sp³-hybridized carbons (Fsp3) is 0.353. The Labute approximate surface area is 159 Å². The highest BCUT2D eigenvalue weighted by atomic mass is 32.2. The van der Waals surface area contributed by atoms with Crippen molar-refractivity contribution in [2.45, 2.75) is 32.0 Å². The standard InChI is InChI=1S/C17H20N6O3S/c1-10-13(11(2)23-16(20-10)21-17(22-23)27-3)7-14(24)19-9-15(25)18-8-12-5-4-6-26-12/h4-6H,7-9H2,1-3H3,(H,18,25)(H,19,24). The number of rotatable bonds is 7. The molecule has 27 heavy (non-hydrogen) atoms. The average molecular weight is 388 g/mol. The molecule has 0 fully saturated rings. The molecule has 3 heterocycles. The highest BCUT2D eigenvalue weighted by Gasteiger charge is 2.16. The normalized spacial score (nSPS) is 10.9. The van der Waals surface area contributed by atoms with Crippen LogP contribution < -0.4 is 10.6 Å². The van der Waals surface area contributed by atoms with Crippen molar-refractivity contribution in [3.8, 4) is 0 Å². The number of aryl methyl sites for hydroxylation is 2. The molecule has 0 aliphatic carbocycles. The van der Waals surface area contributed by atoms with Crippen LogP contribution in [-0.4, -0.2) is 44.2 Å². The summed E-state index contributed by atoms with van der Waals surface area (Å²) in [5, 5.41) is 10.3. The van der Waals surface area contributed by atoms with Crippen LogP contribution >= 0.6 is 11.8 Å². The Balaban J connectivity index is 1.59. The highest BCUT2D eigenvalue weighted by Crippen LogP contribution is 2.17. The minimum atomic E-state index is -0.289. The van der Waals surface area contributed by atoms with Gasteiger partial charge in [0.1, 0.15) is 5.76 Å². The molecule has 0 aliphatic rings. The Bertz CT molecular complexity index is 967. The van der Waals surface area contributed by atoms with Gasteiger partial charge in [-0.15, -0.1) is 5.10 Å². The van der Waals surface area contributed by atoms with Gasteiger partial charge in [0.05, 0.1) is 25.8 Å². The van der Waals surface area contributed by atoms with E-state index in [1.807, 2.05) is 20.1 Å². The Morgan fingerprint density at radius 3 is 2.74 bits per heavy atom. The molecule has 0 bridgehead atoms. The SMILES string of the molecule is CSc1nc2nc(C)c(CC(=O)NCC(=O)NCc3ccco3)c(C)n2n1. The molecule has 0 atom stereocenters. The second kappa shape index (κ2) is 8.21. The quantitative estimate of drug-likeness (QED) is 0.581. The van der Waals surface area contributed by atoms with Gasteiger partial charge in [-0.3, -0.25) is 9.59 Å². The van der Waals surface area contributed by atoms with Crippen molar-refractivity contribution >= 4 is 29.4 Å². The Kier molecular flexibility index (Phi) is 5.75. The Morgan fingerprint density at radius 1 is 1.22 bits per heavy atom. The maximum absolute atomic E-state index is 12.3. The molecule has 10 heteroatoms. The molecule has 9 nitrogen and oxygen atoms in total. The number of carbonyl (C=O) groups is 2. The number of carbonyl (C=O) groups excluding carboxylic acids is 2. The number of hydrogen-bond donors (Lipinski definition) is 2. The van der Waals surface area contributed by atoms with Crippen LogP contribution in [0.25, 0.3) is 5.78 Å². The topological polar surface area (TPSA) is 114 Å². The van der Waals surface area contributed by atoms with E-state index < -0.39 is 0 Å². The van der Waals surface area contributed by atoms with Gasteiger partial charge in [0, 0.05) is 17.0 Å². The third kappa shape index (κ3) is 4.45. The number of aromatic nitrogens is 4. The summed E-state index contributed by atoms with van der Waals surface area (Å²) in [6, 6.07) is 3.51. The van der Waals surface area contributed by atoms with Crippen LogP contribution in [0.15, 0.2) is 28.0 Å². The Hall–Kier alpha value is -2.88. The minimum absolute atomic E-state index is 0.104. The average Bonchev–Trinajstić information content (AvgIpc) is 3.31. The van der Waals surface area contributed by atoms with E-state index in [2.05, 4.69) is 25.7 Å².